The van der Waals surface area contributed by atoms with Crippen molar-refractivity contribution in [1.82, 2.24) is 15.1 Å². The quantitative estimate of drug-likeness (QED) is 0.915. The maximum absolute atomic E-state index is 13.2. The number of hydrogen-bond donors (Lipinski definition) is 1. The van der Waals surface area contributed by atoms with Gasteiger partial charge in [-0.05, 0) is 30.2 Å². The minimum Gasteiger partial charge on any atom is -0.308 e. The molecule has 0 saturated heterocycles. The molecule has 0 aliphatic rings. The van der Waals surface area contributed by atoms with Gasteiger partial charge in [-0.1, -0.05) is 22.9 Å². The topological polar surface area (TPSA) is 29.9 Å². The molecule has 0 amide bonds. The third kappa shape index (κ3) is 3.88. The van der Waals surface area contributed by atoms with E-state index in [4.69, 9.17) is 0 Å². The summed E-state index contributed by atoms with van der Waals surface area (Å²) in [5, 5.41) is 7.71. The van der Waals surface area contributed by atoms with Crippen molar-refractivity contribution in [2.75, 3.05) is 0 Å². The summed E-state index contributed by atoms with van der Waals surface area (Å²) in [7, 11) is 1.92. The number of rotatable bonds is 5. The molecule has 2 rings (SSSR count). The van der Waals surface area contributed by atoms with Crippen LogP contribution in [0.25, 0.3) is 0 Å². The maximum atomic E-state index is 13.2. The van der Waals surface area contributed by atoms with Gasteiger partial charge < -0.3 is 5.32 Å². The summed E-state index contributed by atoms with van der Waals surface area (Å²) in [6, 6.07) is 4.92. The van der Waals surface area contributed by atoms with Crippen LogP contribution in [-0.4, -0.2) is 9.78 Å². The number of aryl methyl sites for hydroxylation is 2. The van der Waals surface area contributed by atoms with E-state index in [0.29, 0.717) is 6.54 Å². The molecule has 0 aliphatic heterocycles. The fourth-order valence-electron chi connectivity index (χ4n) is 2.08. The lowest BCUT2D eigenvalue weighted by Gasteiger charge is -2.05. The van der Waals surface area contributed by atoms with E-state index in [0.717, 1.165) is 28.7 Å². The Labute approximate surface area is 121 Å². The van der Waals surface area contributed by atoms with Crippen molar-refractivity contribution in [2.45, 2.75) is 26.4 Å². The van der Waals surface area contributed by atoms with E-state index in [2.05, 4.69) is 33.3 Å². The van der Waals surface area contributed by atoms with E-state index in [-0.39, 0.29) is 5.82 Å². The number of hydrogen-bond acceptors (Lipinski definition) is 2. The molecule has 0 aliphatic carbocycles. The molecule has 2 aromatic rings. The molecule has 19 heavy (non-hydrogen) atoms. The fraction of sp³-hybridized carbons (Fsp3) is 0.357. The lowest BCUT2D eigenvalue weighted by Crippen LogP contribution is -2.13. The number of nitrogens with zero attached hydrogens (tertiary/aromatic N) is 2. The molecule has 0 atom stereocenters. The van der Waals surface area contributed by atoms with Gasteiger partial charge in [-0.3, -0.25) is 4.68 Å². The molecule has 0 saturated carbocycles. The number of halogens is 2. The second-order valence-electron chi connectivity index (χ2n) is 4.51. The molecule has 1 aromatic carbocycles. The van der Waals surface area contributed by atoms with Crippen LogP contribution in [0.4, 0.5) is 4.39 Å². The van der Waals surface area contributed by atoms with Crippen LogP contribution < -0.4 is 5.32 Å². The smallest absolute Gasteiger partial charge is 0.124 e. The van der Waals surface area contributed by atoms with E-state index in [1.54, 1.807) is 6.07 Å². The third-order valence-electron chi connectivity index (χ3n) is 2.89. The summed E-state index contributed by atoms with van der Waals surface area (Å²) in [5.41, 5.74) is 3.23. The zero-order valence-electron chi connectivity index (χ0n) is 11.1. The van der Waals surface area contributed by atoms with Crippen LogP contribution in [0.3, 0.4) is 0 Å². The second kappa shape index (κ2) is 6.30. The Bertz CT molecular complexity index is 546. The Kier molecular flexibility index (Phi) is 4.71. The number of nitrogens with one attached hydrogen (secondary N) is 1. The van der Waals surface area contributed by atoms with Crippen LogP contribution in [0.2, 0.25) is 0 Å². The summed E-state index contributed by atoms with van der Waals surface area (Å²) in [5.74, 6) is -0.221. The van der Waals surface area contributed by atoms with E-state index >= 15 is 0 Å². The Balaban J connectivity index is 1.96. The summed E-state index contributed by atoms with van der Waals surface area (Å²) in [6.07, 6.45) is 2.94. The van der Waals surface area contributed by atoms with Gasteiger partial charge in [-0.15, -0.1) is 0 Å². The SMILES string of the molecule is CCc1nn(C)cc1CNCc1cc(F)cc(Br)c1. The predicted octanol–water partition coefficient (Wildman–Crippen LogP) is 3.17. The van der Waals surface area contributed by atoms with Gasteiger partial charge in [-0.25, -0.2) is 4.39 Å². The van der Waals surface area contributed by atoms with Gasteiger partial charge in [0, 0.05) is 36.4 Å². The van der Waals surface area contributed by atoms with E-state index in [1.165, 1.54) is 11.6 Å². The van der Waals surface area contributed by atoms with Gasteiger partial charge in [0.05, 0.1) is 5.69 Å². The van der Waals surface area contributed by atoms with Crippen molar-refractivity contribution in [1.29, 1.82) is 0 Å². The van der Waals surface area contributed by atoms with Crippen molar-refractivity contribution in [3.63, 3.8) is 0 Å². The second-order valence-corrected chi connectivity index (χ2v) is 5.43. The monoisotopic (exact) mass is 325 g/mol. The maximum Gasteiger partial charge on any atom is 0.124 e. The molecular weight excluding hydrogens is 309 g/mol. The Morgan fingerprint density at radius 1 is 1.32 bits per heavy atom. The highest BCUT2D eigenvalue weighted by Crippen LogP contribution is 2.15. The predicted molar refractivity (Wildman–Crippen MR) is 77.2 cm³/mol. The first kappa shape index (κ1) is 14.2. The lowest BCUT2D eigenvalue weighted by molar-refractivity contribution is 0.619. The lowest BCUT2D eigenvalue weighted by atomic mass is 10.2. The first-order valence-corrected chi connectivity index (χ1v) is 7.05. The Morgan fingerprint density at radius 2 is 2.11 bits per heavy atom. The van der Waals surface area contributed by atoms with E-state index in [1.807, 2.05) is 24.0 Å². The average molecular weight is 326 g/mol. The van der Waals surface area contributed by atoms with Gasteiger partial charge in [-0.2, -0.15) is 5.10 Å². The van der Waals surface area contributed by atoms with Crippen LogP contribution in [0.1, 0.15) is 23.7 Å². The average Bonchev–Trinajstić information content (AvgIpc) is 2.68. The molecule has 0 bridgehead atoms. The summed E-state index contributed by atoms with van der Waals surface area (Å²) in [6.45, 7) is 3.47. The van der Waals surface area contributed by atoms with Gasteiger partial charge in [0.25, 0.3) is 0 Å². The largest absolute Gasteiger partial charge is 0.308 e. The molecule has 1 aromatic heterocycles. The fourth-order valence-corrected chi connectivity index (χ4v) is 2.60. The molecule has 1 heterocycles. The minimum atomic E-state index is -0.221. The highest BCUT2D eigenvalue weighted by atomic mass is 79.9. The van der Waals surface area contributed by atoms with Crippen molar-refractivity contribution in [3.8, 4) is 0 Å². The molecule has 1 N–H and O–H groups in total. The van der Waals surface area contributed by atoms with Gasteiger partial charge in [0.15, 0.2) is 0 Å². The molecule has 3 nitrogen and oxygen atoms in total. The first-order chi connectivity index (χ1) is 9.08. The Morgan fingerprint density at radius 3 is 2.79 bits per heavy atom. The van der Waals surface area contributed by atoms with Crippen LogP contribution in [0.15, 0.2) is 28.9 Å². The summed E-state index contributed by atoms with van der Waals surface area (Å²) < 4.78 is 15.8. The zero-order valence-corrected chi connectivity index (χ0v) is 12.7. The van der Waals surface area contributed by atoms with Gasteiger partial charge in [0.2, 0.25) is 0 Å². The van der Waals surface area contributed by atoms with Gasteiger partial charge in [0.1, 0.15) is 5.82 Å². The molecule has 0 spiro atoms. The van der Waals surface area contributed by atoms with Crippen LogP contribution in [-0.2, 0) is 26.6 Å². The highest BCUT2D eigenvalue weighted by molar-refractivity contribution is 9.10. The first-order valence-electron chi connectivity index (χ1n) is 6.25. The molecule has 102 valence electrons. The molecule has 0 unspecified atom stereocenters. The molecule has 5 heteroatoms. The number of benzene rings is 1. The van der Waals surface area contributed by atoms with Crippen LogP contribution in [0.5, 0.6) is 0 Å². The van der Waals surface area contributed by atoms with Crippen molar-refractivity contribution in [2.24, 2.45) is 7.05 Å². The molecule has 0 fully saturated rings. The standard InChI is InChI=1S/C14H17BrFN3/c1-3-14-11(9-19(2)18-14)8-17-7-10-4-12(15)6-13(16)5-10/h4-6,9,17H,3,7-8H2,1-2H3. The molecular formula is C14H17BrFN3. The van der Waals surface area contributed by atoms with Crippen molar-refractivity contribution < 1.29 is 4.39 Å². The normalized spacial score (nSPS) is 10.9. The van der Waals surface area contributed by atoms with Gasteiger partial charge >= 0.3 is 0 Å². The number of aromatic nitrogens is 2. The Hall–Kier alpha value is -1.20. The van der Waals surface area contributed by atoms with E-state index in [9.17, 15) is 4.39 Å². The summed E-state index contributed by atoms with van der Waals surface area (Å²) >= 11 is 3.29. The minimum absolute atomic E-state index is 0.221. The van der Waals surface area contributed by atoms with Crippen molar-refractivity contribution in [3.05, 3.63) is 51.5 Å². The van der Waals surface area contributed by atoms with Crippen LogP contribution in [0, 0.1) is 5.82 Å². The van der Waals surface area contributed by atoms with E-state index < -0.39 is 0 Å². The third-order valence-corrected chi connectivity index (χ3v) is 3.35. The zero-order chi connectivity index (χ0) is 13.8. The summed E-state index contributed by atoms with van der Waals surface area (Å²) in [4.78, 5) is 0. The molecule has 0 radical (unpaired) electrons. The van der Waals surface area contributed by atoms with Crippen molar-refractivity contribution >= 4 is 15.9 Å². The van der Waals surface area contributed by atoms with Crippen LogP contribution >= 0.6 is 15.9 Å². The highest BCUT2D eigenvalue weighted by Gasteiger charge is 2.05.